The summed E-state index contributed by atoms with van der Waals surface area (Å²) < 4.78 is 26.5. The zero-order valence-electron chi connectivity index (χ0n) is 9.06. The van der Waals surface area contributed by atoms with Crippen molar-refractivity contribution in [2.75, 3.05) is 6.61 Å². The SMILES string of the molecule is CC(C)c1cc(F)c(F)c(CCCO)c1. The Labute approximate surface area is 88.7 Å². The molecule has 1 aromatic rings. The maximum Gasteiger partial charge on any atom is 0.162 e. The molecule has 1 nitrogen and oxygen atoms in total. The van der Waals surface area contributed by atoms with Crippen LogP contribution in [0.25, 0.3) is 0 Å². The summed E-state index contributed by atoms with van der Waals surface area (Å²) in [5, 5.41) is 8.65. The molecule has 1 aromatic carbocycles. The number of rotatable bonds is 4. The summed E-state index contributed by atoms with van der Waals surface area (Å²) >= 11 is 0. The molecule has 0 aliphatic heterocycles. The molecule has 0 fully saturated rings. The van der Waals surface area contributed by atoms with E-state index in [2.05, 4.69) is 0 Å². The number of halogens is 2. The molecule has 0 bridgehead atoms. The van der Waals surface area contributed by atoms with Crippen molar-refractivity contribution >= 4 is 0 Å². The molecule has 15 heavy (non-hydrogen) atoms. The van der Waals surface area contributed by atoms with Crippen LogP contribution in [0.4, 0.5) is 8.78 Å². The fourth-order valence-corrected chi connectivity index (χ4v) is 1.45. The second kappa shape index (κ2) is 5.21. The molecule has 0 radical (unpaired) electrons. The predicted molar refractivity (Wildman–Crippen MR) is 55.9 cm³/mol. The minimum absolute atomic E-state index is 0.00698. The maximum atomic E-state index is 13.3. The fraction of sp³-hybridized carbons (Fsp3) is 0.500. The molecule has 0 aliphatic carbocycles. The number of aliphatic hydroxyl groups is 1. The summed E-state index contributed by atoms with van der Waals surface area (Å²) in [5.74, 6) is -1.41. The summed E-state index contributed by atoms with van der Waals surface area (Å²) in [6.45, 7) is 3.86. The number of aliphatic hydroxyl groups excluding tert-OH is 1. The third kappa shape index (κ3) is 2.99. The second-order valence-corrected chi connectivity index (χ2v) is 3.96. The lowest BCUT2D eigenvalue weighted by Crippen LogP contribution is -2.00. The summed E-state index contributed by atoms with van der Waals surface area (Å²) in [6.07, 6.45) is 0.831. The van der Waals surface area contributed by atoms with E-state index < -0.39 is 11.6 Å². The standard InChI is InChI=1S/C12H16F2O/c1-8(2)10-6-9(4-3-5-15)12(14)11(13)7-10/h6-8,15H,3-5H2,1-2H3. The van der Waals surface area contributed by atoms with Crippen molar-refractivity contribution in [3.05, 3.63) is 34.9 Å². The summed E-state index contributed by atoms with van der Waals surface area (Å²) in [7, 11) is 0. The highest BCUT2D eigenvalue weighted by atomic mass is 19.2. The normalized spacial score (nSPS) is 11.1. The first-order valence-electron chi connectivity index (χ1n) is 5.15. The van der Waals surface area contributed by atoms with Crippen molar-refractivity contribution in [1.29, 1.82) is 0 Å². The van der Waals surface area contributed by atoms with E-state index in [4.69, 9.17) is 5.11 Å². The molecule has 0 saturated carbocycles. The van der Waals surface area contributed by atoms with Crippen molar-refractivity contribution < 1.29 is 13.9 Å². The quantitative estimate of drug-likeness (QED) is 0.816. The van der Waals surface area contributed by atoms with Gasteiger partial charge in [0.25, 0.3) is 0 Å². The first kappa shape index (κ1) is 12.1. The van der Waals surface area contributed by atoms with E-state index in [0.29, 0.717) is 18.4 Å². The average Bonchev–Trinajstić information content (AvgIpc) is 2.19. The van der Waals surface area contributed by atoms with Crippen LogP contribution in [0.3, 0.4) is 0 Å². The van der Waals surface area contributed by atoms with E-state index >= 15 is 0 Å². The molecule has 0 amide bonds. The number of hydrogen-bond donors (Lipinski definition) is 1. The molecule has 0 heterocycles. The summed E-state index contributed by atoms with van der Waals surface area (Å²) in [5.41, 5.74) is 1.15. The lowest BCUT2D eigenvalue weighted by molar-refractivity contribution is 0.287. The van der Waals surface area contributed by atoms with E-state index in [1.807, 2.05) is 13.8 Å². The highest BCUT2D eigenvalue weighted by molar-refractivity contribution is 5.28. The van der Waals surface area contributed by atoms with Crippen molar-refractivity contribution in [3.8, 4) is 0 Å². The Morgan fingerprint density at radius 2 is 1.93 bits per heavy atom. The molecule has 0 saturated heterocycles. The van der Waals surface area contributed by atoms with E-state index in [9.17, 15) is 8.78 Å². The Morgan fingerprint density at radius 1 is 1.27 bits per heavy atom. The first-order valence-corrected chi connectivity index (χ1v) is 5.15. The molecule has 0 unspecified atom stereocenters. The van der Waals surface area contributed by atoms with Gasteiger partial charge < -0.3 is 5.11 Å². The van der Waals surface area contributed by atoms with Gasteiger partial charge in [0.05, 0.1) is 0 Å². The fourth-order valence-electron chi connectivity index (χ4n) is 1.45. The monoisotopic (exact) mass is 214 g/mol. The lowest BCUT2D eigenvalue weighted by atomic mass is 9.98. The number of hydrogen-bond acceptors (Lipinski definition) is 1. The number of aryl methyl sites for hydroxylation is 1. The molecule has 0 atom stereocenters. The number of benzene rings is 1. The Hall–Kier alpha value is -0.960. The topological polar surface area (TPSA) is 20.2 Å². The van der Waals surface area contributed by atoms with Gasteiger partial charge in [0.15, 0.2) is 11.6 Å². The average molecular weight is 214 g/mol. The Kier molecular flexibility index (Phi) is 4.21. The van der Waals surface area contributed by atoms with Gasteiger partial charge in [0, 0.05) is 6.61 Å². The molecule has 84 valence electrons. The van der Waals surface area contributed by atoms with Crippen LogP contribution >= 0.6 is 0 Å². The molecule has 0 aromatic heterocycles. The molecular weight excluding hydrogens is 198 g/mol. The van der Waals surface area contributed by atoms with Crippen LogP contribution in [-0.2, 0) is 6.42 Å². The van der Waals surface area contributed by atoms with Gasteiger partial charge in [-0.15, -0.1) is 0 Å². The molecule has 1 N–H and O–H groups in total. The van der Waals surface area contributed by atoms with Gasteiger partial charge in [0.1, 0.15) is 0 Å². The van der Waals surface area contributed by atoms with Gasteiger partial charge >= 0.3 is 0 Å². The third-order valence-corrected chi connectivity index (χ3v) is 2.40. The van der Waals surface area contributed by atoms with E-state index in [1.54, 1.807) is 6.07 Å². The zero-order valence-corrected chi connectivity index (χ0v) is 9.06. The lowest BCUT2D eigenvalue weighted by Gasteiger charge is -2.10. The molecule has 0 spiro atoms. The second-order valence-electron chi connectivity index (χ2n) is 3.96. The Bertz CT molecular complexity index is 335. The largest absolute Gasteiger partial charge is 0.396 e. The van der Waals surface area contributed by atoms with Gasteiger partial charge in [-0.2, -0.15) is 0 Å². The van der Waals surface area contributed by atoms with Crippen molar-refractivity contribution in [2.45, 2.75) is 32.6 Å². The van der Waals surface area contributed by atoms with Crippen LogP contribution < -0.4 is 0 Å². The molecule has 0 aliphatic rings. The Morgan fingerprint density at radius 3 is 2.47 bits per heavy atom. The van der Waals surface area contributed by atoms with Crippen LogP contribution in [0.2, 0.25) is 0 Å². The van der Waals surface area contributed by atoms with Gasteiger partial charge in [-0.05, 0) is 36.0 Å². The molecule has 3 heteroatoms. The van der Waals surface area contributed by atoms with E-state index in [1.165, 1.54) is 6.07 Å². The van der Waals surface area contributed by atoms with Crippen LogP contribution in [0, 0.1) is 11.6 Å². The third-order valence-electron chi connectivity index (χ3n) is 2.40. The van der Waals surface area contributed by atoms with Crippen molar-refractivity contribution in [3.63, 3.8) is 0 Å². The zero-order chi connectivity index (χ0) is 11.4. The molecular formula is C12H16F2O. The van der Waals surface area contributed by atoms with Crippen LogP contribution in [0.15, 0.2) is 12.1 Å². The summed E-state index contributed by atoms with van der Waals surface area (Å²) in [6, 6.07) is 2.92. The maximum absolute atomic E-state index is 13.3. The minimum Gasteiger partial charge on any atom is -0.396 e. The first-order chi connectivity index (χ1) is 7.06. The van der Waals surface area contributed by atoms with Gasteiger partial charge in [-0.3, -0.25) is 0 Å². The van der Waals surface area contributed by atoms with Gasteiger partial charge in [-0.1, -0.05) is 19.9 Å². The van der Waals surface area contributed by atoms with Crippen LogP contribution in [-0.4, -0.2) is 11.7 Å². The van der Waals surface area contributed by atoms with Crippen molar-refractivity contribution in [1.82, 2.24) is 0 Å². The highest BCUT2D eigenvalue weighted by Gasteiger charge is 2.11. The van der Waals surface area contributed by atoms with E-state index in [0.717, 1.165) is 5.56 Å². The van der Waals surface area contributed by atoms with E-state index in [-0.39, 0.29) is 12.5 Å². The highest BCUT2D eigenvalue weighted by Crippen LogP contribution is 2.21. The van der Waals surface area contributed by atoms with Crippen LogP contribution in [0.1, 0.15) is 37.3 Å². The van der Waals surface area contributed by atoms with Crippen LogP contribution in [0.5, 0.6) is 0 Å². The Balaban J connectivity index is 3.02. The predicted octanol–water partition coefficient (Wildman–Crippen LogP) is 3.01. The smallest absolute Gasteiger partial charge is 0.162 e. The minimum atomic E-state index is -0.797. The van der Waals surface area contributed by atoms with Crippen molar-refractivity contribution in [2.24, 2.45) is 0 Å². The summed E-state index contributed by atoms with van der Waals surface area (Å²) in [4.78, 5) is 0. The van der Waals surface area contributed by atoms with Gasteiger partial charge in [-0.25, -0.2) is 8.78 Å². The van der Waals surface area contributed by atoms with Gasteiger partial charge in [0.2, 0.25) is 0 Å². The molecule has 1 rings (SSSR count).